The second-order valence-corrected chi connectivity index (χ2v) is 4.82. The predicted molar refractivity (Wildman–Crippen MR) is 65.3 cm³/mol. The lowest BCUT2D eigenvalue weighted by molar-refractivity contribution is 0.0665. The molecule has 1 saturated carbocycles. The molecule has 3 N–H and O–H groups in total. The van der Waals surface area contributed by atoms with Gasteiger partial charge in [0.1, 0.15) is 16.9 Å². The second-order valence-electron chi connectivity index (χ2n) is 4.82. The predicted octanol–water partition coefficient (Wildman–Crippen LogP) is 2.68. The fourth-order valence-corrected chi connectivity index (χ4v) is 2.29. The maximum Gasteiger partial charge on any atom is 0.339 e. The van der Waals surface area contributed by atoms with Crippen LogP contribution in [0.1, 0.15) is 43.0 Å². The molecule has 0 atom stereocenters. The van der Waals surface area contributed by atoms with Gasteiger partial charge in [-0.05, 0) is 50.8 Å². The summed E-state index contributed by atoms with van der Waals surface area (Å²) in [6.07, 6.45) is 4.20. The van der Waals surface area contributed by atoms with Crippen molar-refractivity contribution in [3.63, 3.8) is 0 Å². The molecule has 0 heterocycles. The Labute approximate surface area is 100 Å². The lowest BCUT2D eigenvalue weighted by Gasteiger charge is -2.26. The van der Waals surface area contributed by atoms with Gasteiger partial charge in [0.25, 0.3) is 0 Å². The number of carboxylic acid groups (broad SMARTS) is 1. The second kappa shape index (κ2) is 4.28. The fourth-order valence-electron chi connectivity index (χ4n) is 2.29. The minimum atomic E-state index is -1.01. The summed E-state index contributed by atoms with van der Waals surface area (Å²) < 4.78 is 5.87. The normalized spacial score (nSPS) is 17.9. The van der Waals surface area contributed by atoms with Crippen LogP contribution in [-0.2, 0) is 0 Å². The maximum atomic E-state index is 11.1. The van der Waals surface area contributed by atoms with Crippen molar-refractivity contribution in [3.05, 3.63) is 23.8 Å². The zero-order chi connectivity index (χ0) is 12.5. The molecule has 0 bridgehead atoms. The summed E-state index contributed by atoms with van der Waals surface area (Å²) in [6.45, 7) is 2.03. The van der Waals surface area contributed by atoms with Crippen molar-refractivity contribution < 1.29 is 14.6 Å². The van der Waals surface area contributed by atoms with Gasteiger partial charge in [-0.15, -0.1) is 0 Å². The van der Waals surface area contributed by atoms with Gasteiger partial charge >= 0.3 is 5.97 Å². The van der Waals surface area contributed by atoms with Crippen LogP contribution in [0.25, 0.3) is 0 Å². The van der Waals surface area contributed by atoms with Crippen molar-refractivity contribution in [3.8, 4) is 5.75 Å². The van der Waals surface area contributed by atoms with Crippen LogP contribution in [-0.4, -0.2) is 16.7 Å². The minimum Gasteiger partial charge on any atom is -0.487 e. The monoisotopic (exact) mass is 235 g/mol. The Morgan fingerprint density at radius 2 is 2.06 bits per heavy atom. The van der Waals surface area contributed by atoms with E-state index in [0.717, 1.165) is 25.7 Å². The first-order chi connectivity index (χ1) is 8.00. The first-order valence-corrected chi connectivity index (χ1v) is 5.82. The molecule has 1 aromatic carbocycles. The zero-order valence-corrected chi connectivity index (χ0v) is 9.90. The van der Waals surface area contributed by atoms with E-state index in [0.29, 0.717) is 11.4 Å². The number of nitrogens with two attached hydrogens (primary N) is 1. The van der Waals surface area contributed by atoms with E-state index in [2.05, 4.69) is 0 Å². The molecule has 0 saturated heterocycles. The molecule has 0 radical (unpaired) electrons. The molecule has 2 rings (SSSR count). The molecular weight excluding hydrogens is 218 g/mol. The van der Waals surface area contributed by atoms with Gasteiger partial charge in [0, 0.05) is 5.69 Å². The molecule has 1 aliphatic carbocycles. The molecular formula is C13H17NO3. The molecule has 1 aliphatic rings. The lowest BCUT2D eigenvalue weighted by atomic mass is 10.0. The Hall–Kier alpha value is -1.71. The van der Waals surface area contributed by atoms with Crippen LogP contribution < -0.4 is 10.5 Å². The number of aromatic carboxylic acids is 1. The van der Waals surface area contributed by atoms with E-state index in [1.54, 1.807) is 12.1 Å². The van der Waals surface area contributed by atoms with Crippen molar-refractivity contribution in [2.45, 2.75) is 38.2 Å². The molecule has 0 unspecified atom stereocenters. The van der Waals surface area contributed by atoms with E-state index in [9.17, 15) is 4.79 Å². The van der Waals surface area contributed by atoms with Gasteiger partial charge < -0.3 is 15.6 Å². The third-order valence-electron chi connectivity index (χ3n) is 3.25. The van der Waals surface area contributed by atoms with Crippen LogP contribution in [0.2, 0.25) is 0 Å². The lowest BCUT2D eigenvalue weighted by Crippen LogP contribution is -2.28. The Balaban J connectivity index is 2.28. The number of hydrogen-bond donors (Lipinski definition) is 2. The summed E-state index contributed by atoms with van der Waals surface area (Å²) in [5, 5.41) is 9.11. The first-order valence-electron chi connectivity index (χ1n) is 5.82. The van der Waals surface area contributed by atoms with E-state index < -0.39 is 5.97 Å². The molecule has 1 aromatic rings. The number of rotatable bonds is 3. The molecule has 0 spiro atoms. The minimum absolute atomic E-state index is 0.137. The molecule has 92 valence electrons. The van der Waals surface area contributed by atoms with Crippen molar-refractivity contribution in [2.75, 3.05) is 5.73 Å². The highest BCUT2D eigenvalue weighted by Gasteiger charge is 2.31. The van der Waals surface area contributed by atoms with Gasteiger partial charge in [0.15, 0.2) is 0 Å². The molecule has 0 aromatic heterocycles. The number of nitrogen functional groups attached to an aromatic ring is 1. The summed E-state index contributed by atoms with van der Waals surface area (Å²) in [6, 6.07) is 4.75. The number of anilines is 1. The molecule has 0 aliphatic heterocycles. The third-order valence-corrected chi connectivity index (χ3v) is 3.25. The smallest absolute Gasteiger partial charge is 0.339 e. The Bertz CT molecular complexity index is 436. The van der Waals surface area contributed by atoms with Crippen LogP contribution in [0.4, 0.5) is 5.69 Å². The summed E-state index contributed by atoms with van der Waals surface area (Å²) in [4.78, 5) is 11.1. The van der Waals surface area contributed by atoms with Crippen molar-refractivity contribution in [1.82, 2.24) is 0 Å². The van der Waals surface area contributed by atoms with Crippen LogP contribution in [0.3, 0.4) is 0 Å². The van der Waals surface area contributed by atoms with Gasteiger partial charge in [0.2, 0.25) is 0 Å². The number of carbonyl (C=O) groups is 1. The highest BCUT2D eigenvalue weighted by molar-refractivity contribution is 5.92. The van der Waals surface area contributed by atoms with Crippen molar-refractivity contribution in [2.24, 2.45) is 0 Å². The number of benzene rings is 1. The number of ether oxygens (including phenoxy) is 1. The van der Waals surface area contributed by atoms with Gasteiger partial charge in [-0.2, -0.15) is 0 Å². The highest BCUT2D eigenvalue weighted by atomic mass is 16.5. The van der Waals surface area contributed by atoms with Crippen LogP contribution in [0, 0.1) is 0 Å². The standard InChI is InChI=1S/C13H17NO3/c1-13(6-2-3-7-13)17-11-5-4-9(14)8-10(11)12(15)16/h4-5,8H,2-3,6-7,14H2,1H3,(H,15,16). The van der Waals surface area contributed by atoms with E-state index in [1.807, 2.05) is 6.92 Å². The Kier molecular flexibility index (Phi) is 2.96. The van der Waals surface area contributed by atoms with Gasteiger partial charge in [0.05, 0.1) is 0 Å². The van der Waals surface area contributed by atoms with Gasteiger partial charge in [-0.25, -0.2) is 4.79 Å². The largest absolute Gasteiger partial charge is 0.487 e. The molecule has 0 amide bonds. The molecule has 4 nitrogen and oxygen atoms in total. The molecule has 4 heteroatoms. The summed E-state index contributed by atoms with van der Waals surface area (Å²) in [5.74, 6) is -0.593. The van der Waals surface area contributed by atoms with Crippen molar-refractivity contribution >= 4 is 11.7 Å². The first kappa shape index (κ1) is 11.8. The quantitative estimate of drug-likeness (QED) is 0.790. The highest BCUT2D eigenvalue weighted by Crippen LogP contribution is 2.35. The van der Waals surface area contributed by atoms with Gasteiger partial charge in [-0.1, -0.05) is 0 Å². The SMILES string of the molecule is CC1(Oc2ccc(N)cc2C(=O)O)CCCC1. The Morgan fingerprint density at radius 3 is 2.65 bits per heavy atom. The summed E-state index contributed by atoms with van der Waals surface area (Å²) in [7, 11) is 0. The van der Waals surface area contributed by atoms with E-state index in [4.69, 9.17) is 15.6 Å². The molecule has 1 fully saturated rings. The average molecular weight is 235 g/mol. The summed E-state index contributed by atoms with van der Waals surface area (Å²) in [5.41, 5.74) is 5.93. The summed E-state index contributed by atoms with van der Waals surface area (Å²) >= 11 is 0. The zero-order valence-electron chi connectivity index (χ0n) is 9.90. The molecule has 17 heavy (non-hydrogen) atoms. The third kappa shape index (κ3) is 2.52. The van der Waals surface area contributed by atoms with E-state index >= 15 is 0 Å². The fraction of sp³-hybridized carbons (Fsp3) is 0.462. The van der Waals surface area contributed by atoms with Crippen LogP contribution in [0.15, 0.2) is 18.2 Å². The topological polar surface area (TPSA) is 72.5 Å². The average Bonchev–Trinajstić information content (AvgIpc) is 2.67. The number of carboxylic acids is 1. The Morgan fingerprint density at radius 1 is 1.41 bits per heavy atom. The van der Waals surface area contributed by atoms with Crippen LogP contribution >= 0.6 is 0 Å². The van der Waals surface area contributed by atoms with Gasteiger partial charge in [-0.3, -0.25) is 0 Å². The number of hydrogen-bond acceptors (Lipinski definition) is 3. The van der Waals surface area contributed by atoms with Crippen LogP contribution in [0.5, 0.6) is 5.75 Å². The maximum absolute atomic E-state index is 11.1. The van der Waals surface area contributed by atoms with E-state index in [1.165, 1.54) is 6.07 Å². The van der Waals surface area contributed by atoms with Crippen molar-refractivity contribution in [1.29, 1.82) is 0 Å². The van der Waals surface area contributed by atoms with E-state index in [-0.39, 0.29) is 11.2 Å².